The van der Waals surface area contributed by atoms with Gasteiger partial charge in [-0.1, -0.05) is 33.1 Å². The third-order valence-electron chi connectivity index (χ3n) is 4.64. The quantitative estimate of drug-likeness (QED) is 0.635. The summed E-state index contributed by atoms with van der Waals surface area (Å²) in [5.41, 5.74) is 0.474. The number of carbonyl (C=O) groups excluding carboxylic acids is 1. The average Bonchev–Trinajstić information content (AvgIpc) is 2.61. The van der Waals surface area contributed by atoms with E-state index < -0.39 is 0 Å². The molecule has 2 aliphatic carbocycles. The van der Waals surface area contributed by atoms with Gasteiger partial charge in [-0.15, -0.1) is 0 Å². The average molecular weight is 224 g/mol. The van der Waals surface area contributed by atoms with Crippen LogP contribution in [-0.2, 0) is 9.53 Å². The number of carbonyl (C=O) groups is 1. The zero-order chi connectivity index (χ0) is 11.8. The summed E-state index contributed by atoms with van der Waals surface area (Å²) in [6.07, 6.45) is 9.03. The molecule has 1 atom stereocenters. The van der Waals surface area contributed by atoms with Crippen molar-refractivity contribution in [3.05, 3.63) is 0 Å². The Bertz CT molecular complexity index is 274. The van der Waals surface area contributed by atoms with Crippen molar-refractivity contribution in [1.82, 2.24) is 0 Å². The maximum atomic E-state index is 11.3. The summed E-state index contributed by atoms with van der Waals surface area (Å²) in [5.74, 6) is -0.105. The molecule has 0 heterocycles. The van der Waals surface area contributed by atoms with Gasteiger partial charge in [-0.2, -0.15) is 0 Å². The van der Waals surface area contributed by atoms with Crippen LogP contribution in [0.15, 0.2) is 0 Å². The lowest BCUT2D eigenvalue weighted by atomic mass is 9.60. The number of hydrogen-bond donors (Lipinski definition) is 0. The van der Waals surface area contributed by atoms with E-state index in [4.69, 9.17) is 4.74 Å². The van der Waals surface area contributed by atoms with Crippen molar-refractivity contribution in [2.24, 2.45) is 10.8 Å². The molecule has 0 radical (unpaired) electrons. The Morgan fingerprint density at radius 1 is 1.06 bits per heavy atom. The lowest BCUT2D eigenvalue weighted by Crippen LogP contribution is -2.49. The van der Waals surface area contributed by atoms with Gasteiger partial charge in [0.15, 0.2) is 0 Å². The lowest BCUT2D eigenvalue weighted by molar-refractivity contribution is -0.172. The molecule has 2 heteroatoms. The molecular formula is C14H24O2. The van der Waals surface area contributed by atoms with Crippen LogP contribution in [0, 0.1) is 10.8 Å². The van der Waals surface area contributed by atoms with Crippen molar-refractivity contribution < 1.29 is 9.53 Å². The highest BCUT2D eigenvalue weighted by atomic mass is 16.5. The Hall–Kier alpha value is -0.530. The molecule has 0 N–H and O–H groups in total. The van der Waals surface area contributed by atoms with Crippen molar-refractivity contribution in [1.29, 1.82) is 0 Å². The van der Waals surface area contributed by atoms with Gasteiger partial charge in [0.1, 0.15) is 6.10 Å². The van der Waals surface area contributed by atoms with E-state index in [0.717, 1.165) is 0 Å². The van der Waals surface area contributed by atoms with E-state index in [0.29, 0.717) is 5.41 Å². The Morgan fingerprint density at radius 3 is 2.19 bits per heavy atom. The fraction of sp³-hybridized carbons (Fsp3) is 0.929. The highest BCUT2D eigenvalue weighted by Crippen LogP contribution is 2.56. The molecule has 92 valence electrons. The fourth-order valence-electron chi connectivity index (χ4n) is 4.03. The van der Waals surface area contributed by atoms with Crippen molar-refractivity contribution in [2.75, 3.05) is 0 Å². The Balaban J connectivity index is 2.24. The molecular weight excluding hydrogens is 200 g/mol. The predicted octanol–water partition coefficient (Wildman–Crippen LogP) is 3.69. The zero-order valence-corrected chi connectivity index (χ0v) is 10.8. The van der Waals surface area contributed by atoms with Crippen LogP contribution in [0.4, 0.5) is 0 Å². The van der Waals surface area contributed by atoms with Crippen LogP contribution in [0.5, 0.6) is 0 Å². The summed E-state index contributed by atoms with van der Waals surface area (Å²) in [6, 6.07) is 0. The van der Waals surface area contributed by atoms with Gasteiger partial charge in [0, 0.05) is 17.8 Å². The van der Waals surface area contributed by atoms with E-state index in [1.54, 1.807) is 6.92 Å². The summed E-state index contributed by atoms with van der Waals surface area (Å²) >= 11 is 0. The van der Waals surface area contributed by atoms with Gasteiger partial charge in [-0.05, 0) is 25.7 Å². The second-order valence-electron chi connectivity index (χ2n) is 6.40. The first-order valence-electron chi connectivity index (χ1n) is 6.64. The van der Waals surface area contributed by atoms with Gasteiger partial charge >= 0.3 is 5.97 Å². The first-order valence-corrected chi connectivity index (χ1v) is 6.64. The maximum Gasteiger partial charge on any atom is 0.302 e. The van der Waals surface area contributed by atoms with Crippen LogP contribution in [-0.4, -0.2) is 12.1 Å². The van der Waals surface area contributed by atoms with Crippen LogP contribution in [0.25, 0.3) is 0 Å². The van der Waals surface area contributed by atoms with Crippen LogP contribution in [0.3, 0.4) is 0 Å². The maximum absolute atomic E-state index is 11.3. The Labute approximate surface area is 98.7 Å². The molecule has 2 saturated carbocycles. The van der Waals surface area contributed by atoms with Crippen molar-refractivity contribution >= 4 is 5.97 Å². The first kappa shape index (κ1) is 11.9. The van der Waals surface area contributed by atoms with Crippen LogP contribution in [0.1, 0.15) is 65.7 Å². The Kier molecular flexibility index (Phi) is 3.02. The molecule has 16 heavy (non-hydrogen) atoms. The van der Waals surface area contributed by atoms with Crippen LogP contribution in [0.2, 0.25) is 0 Å². The smallest absolute Gasteiger partial charge is 0.302 e. The highest BCUT2D eigenvalue weighted by molar-refractivity contribution is 5.66. The minimum absolute atomic E-state index is 0.105. The molecule has 0 bridgehead atoms. The summed E-state index contributed by atoms with van der Waals surface area (Å²) in [4.78, 5) is 11.3. The van der Waals surface area contributed by atoms with E-state index in [1.807, 2.05) is 0 Å². The standard InChI is InChI=1S/C14H24O2/c1-11(15)16-12-13(2,3)7-6-10-14(12)8-4-5-9-14/h12H,4-10H2,1-3H3. The molecule has 0 amide bonds. The molecule has 2 rings (SSSR count). The molecule has 0 aliphatic heterocycles. The van der Waals surface area contributed by atoms with Crippen molar-refractivity contribution in [2.45, 2.75) is 71.8 Å². The summed E-state index contributed by atoms with van der Waals surface area (Å²) in [6.45, 7) is 6.08. The largest absolute Gasteiger partial charge is 0.461 e. The molecule has 1 spiro atoms. The van der Waals surface area contributed by atoms with Crippen LogP contribution >= 0.6 is 0 Å². The van der Waals surface area contributed by atoms with Gasteiger partial charge in [0.05, 0.1) is 0 Å². The van der Waals surface area contributed by atoms with E-state index in [1.165, 1.54) is 44.9 Å². The highest BCUT2D eigenvalue weighted by Gasteiger charge is 2.52. The molecule has 1 unspecified atom stereocenters. The van der Waals surface area contributed by atoms with Gasteiger partial charge < -0.3 is 4.74 Å². The number of rotatable bonds is 1. The summed E-state index contributed by atoms with van der Waals surface area (Å²) in [5, 5.41) is 0. The van der Waals surface area contributed by atoms with Crippen molar-refractivity contribution in [3.8, 4) is 0 Å². The Morgan fingerprint density at radius 2 is 1.62 bits per heavy atom. The molecule has 0 aromatic carbocycles. The third-order valence-corrected chi connectivity index (χ3v) is 4.64. The minimum Gasteiger partial charge on any atom is -0.461 e. The molecule has 2 nitrogen and oxygen atoms in total. The molecule has 2 aliphatic rings. The fourth-order valence-corrected chi connectivity index (χ4v) is 4.03. The lowest BCUT2D eigenvalue weighted by Gasteiger charge is -2.49. The predicted molar refractivity (Wildman–Crippen MR) is 64.1 cm³/mol. The first-order chi connectivity index (χ1) is 7.46. The van der Waals surface area contributed by atoms with Gasteiger partial charge in [-0.3, -0.25) is 4.79 Å². The molecule has 0 saturated heterocycles. The van der Waals surface area contributed by atoms with Crippen LogP contribution < -0.4 is 0 Å². The van der Waals surface area contributed by atoms with E-state index in [9.17, 15) is 4.79 Å². The summed E-state index contributed by atoms with van der Waals surface area (Å²) < 4.78 is 5.71. The summed E-state index contributed by atoms with van der Waals surface area (Å²) in [7, 11) is 0. The third kappa shape index (κ3) is 1.99. The monoisotopic (exact) mass is 224 g/mol. The molecule has 0 aromatic heterocycles. The van der Waals surface area contributed by atoms with Gasteiger partial charge in [0.2, 0.25) is 0 Å². The molecule has 2 fully saturated rings. The van der Waals surface area contributed by atoms with Crippen molar-refractivity contribution in [3.63, 3.8) is 0 Å². The van der Waals surface area contributed by atoms with E-state index in [-0.39, 0.29) is 17.5 Å². The normalized spacial score (nSPS) is 31.6. The van der Waals surface area contributed by atoms with E-state index >= 15 is 0 Å². The number of ether oxygens (including phenoxy) is 1. The SMILES string of the molecule is CC(=O)OC1C(C)(C)CCCC12CCCC2. The van der Waals surface area contributed by atoms with Gasteiger partial charge in [0.25, 0.3) is 0 Å². The number of hydrogen-bond acceptors (Lipinski definition) is 2. The van der Waals surface area contributed by atoms with E-state index in [2.05, 4.69) is 13.8 Å². The zero-order valence-electron chi connectivity index (χ0n) is 10.8. The minimum atomic E-state index is -0.105. The second kappa shape index (κ2) is 4.05. The van der Waals surface area contributed by atoms with Gasteiger partial charge in [-0.25, -0.2) is 0 Å². The topological polar surface area (TPSA) is 26.3 Å². The molecule has 0 aromatic rings. The second-order valence-corrected chi connectivity index (χ2v) is 6.40. The number of esters is 1.